The molecule has 4 rings (SSSR count). The smallest absolute Gasteiger partial charge is 0.227 e. The molecule has 1 aromatic rings. The molecule has 1 amide bonds. The number of hydrogen-bond acceptors (Lipinski definition) is 3. The predicted molar refractivity (Wildman–Crippen MR) is 96.0 cm³/mol. The molecule has 1 aliphatic heterocycles. The highest BCUT2D eigenvalue weighted by Gasteiger charge is 2.29. The maximum Gasteiger partial charge on any atom is 0.227 e. The van der Waals surface area contributed by atoms with Gasteiger partial charge in [0, 0.05) is 32.4 Å². The molecule has 0 aromatic carbocycles. The minimum atomic E-state index is 0.238. The molecule has 5 nitrogen and oxygen atoms in total. The fourth-order valence-electron chi connectivity index (χ4n) is 3.92. The first-order valence-electron chi connectivity index (χ1n) is 9.85. The van der Waals surface area contributed by atoms with E-state index in [9.17, 15) is 4.79 Å². The summed E-state index contributed by atoms with van der Waals surface area (Å²) in [5, 5.41) is 4.49. The van der Waals surface area contributed by atoms with Crippen molar-refractivity contribution in [3.63, 3.8) is 0 Å². The van der Waals surface area contributed by atoms with Crippen LogP contribution < -0.4 is 0 Å². The van der Waals surface area contributed by atoms with Crippen molar-refractivity contribution in [3.05, 3.63) is 29.6 Å². The Morgan fingerprint density at radius 2 is 2.24 bits per heavy atom. The molecule has 0 spiro atoms. The van der Waals surface area contributed by atoms with Gasteiger partial charge >= 0.3 is 0 Å². The lowest BCUT2D eigenvalue weighted by atomic mass is 9.96. The van der Waals surface area contributed by atoms with E-state index in [4.69, 9.17) is 4.74 Å². The molecule has 1 atom stereocenters. The number of ether oxygens (including phenoxy) is 1. The summed E-state index contributed by atoms with van der Waals surface area (Å²) in [6.07, 6.45) is 13.0. The minimum Gasteiger partial charge on any atom is -0.381 e. The number of fused-ring (bicyclic) bond motifs is 1. The van der Waals surface area contributed by atoms with Crippen molar-refractivity contribution in [1.29, 1.82) is 0 Å². The largest absolute Gasteiger partial charge is 0.381 e. The summed E-state index contributed by atoms with van der Waals surface area (Å²) in [7, 11) is 0. The van der Waals surface area contributed by atoms with E-state index in [1.165, 1.54) is 31.3 Å². The molecule has 0 bridgehead atoms. The quantitative estimate of drug-likeness (QED) is 0.562. The lowest BCUT2D eigenvalue weighted by Gasteiger charge is -2.34. The minimum absolute atomic E-state index is 0.238. The van der Waals surface area contributed by atoms with Gasteiger partial charge in [0.25, 0.3) is 0 Å². The van der Waals surface area contributed by atoms with Crippen molar-refractivity contribution >= 4 is 5.91 Å². The first kappa shape index (κ1) is 16.8. The first-order valence-corrected chi connectivity index (χ1v) is 9.85. The molecule has 136 valence electrons. The zero-order chi connectivity index (χ0) is 17.1. The SMILES string of the molecule is O=C(CC1=CCCCC1)N1Cc2ccnn2[C@@H](CCOCC2CC2)C1. The van der Waals surface area contributed by atoms with Gasteiger partial charge in [-0.1, -0.05) is 11.6 Å². The Labute approximate surface area is 150 Å². The van der Waals surface area contributed by atoms with E-state index in [2.05, 4.69) is 15.9 Å². The van der Waals surface area contributed by atoms with Gasteiger partial charge < -0.3 is 9.64 Å². The molecule has 1 saturated carbocycles. The van der Waals surface area contributed by atoms with Crippen LogP contribution in [0.5, 0.6) is 0 Å². The van der Waals surface area contributed by atoms with E-state index in [0.717, 1.165) is 50.6 Å². The van der Waals surface area contributed by atoms with Crippen molar-refractivity contribution in [2.75, 3.05) is 19.8 Å². The van der Waals surface area contributed by atoms with Gasteiger partial charge in [-0.25, -0.2) is 0 Å². The average Bonchev–Trinajstić information content (AvgIpc) is 3.33. The Hall–Kier alpha value is -1.62. The second-order valence-corrected chi connectivity index (χ2v) is 7.79. The summed E-state index contributed by atoms with van der Waals surface area (Å²) in [5.74, 6) is 1.07. The molecular formula is C20H29N3O2. The Balaban J connectivity index is 1.34. The Kier molecular flexibility index (Phi) is 5.20. The maximum absolute atomic E-state index is 12.8. The maximum atomic E-state index is 12.8. The van der Waals surface area contributed by atoms with Gasteiger partial charge in [0.05, 0.1) is 18.3 Å². The predicted octanol–water partition coefficient (Wildman–Crippen LogP) is 3.47. The zero-order valence-corrected chi connectivity index (χ0v) is 15.0. The molecule has 0 saturated heterocycles. The molecule has 3 aliphatic rings. The highest BCUT2D eigenvalue weighted by molar-refractivity contribution is 5.78. The van der Waals surface area contributed by atoms with Crippen LogP contribution in [0.25, 0.3) is 0 Å². The van der Waals surface area contributed by atoms with Crippen molar-refractivity contribution in [1.82, 2.24) is 14.7 Å². The summed E-state index contributed by atoms with van der Waals surface area (Å²) in [5.41, 5.74) is 2.48. The van der Waals surface area contributed by atoms with Gasteiger partial charge in [0.1, 0.15) is 0 Å². The van der Waals surface area contributed by atoms with Crippen LogP contribution in [-0.2, 0) is 16.1 Å². The van der Waals surface area contributed by atoms with Gasteiger partial charge in [-0.2, -0.15) is 5.10 Å². The van der Waals surface area contributed by atoms with E-state index >= 15 is 0 Å². The van der Waals surface area contributed by atoms with Gasteiger partial charge in [-0.3, -0.25) is 9.48 Å². The zero-order valence-electron chi connectivity index (χ0n) is 15.0. The fourth-order valence-corrected chi connectivity index (χ4v) is 3.92. The van der Waals surface area contributed by atoms with Crippen molar-refractivity contribution in [2.45, 2.75) is 64.0 Å². The molecule has 5 heteroatoms. The number of carbonyl (C=O) groups excluding carboxylic acids is 1. The second kappa shape index (κ2) is 7.73. The van der Waals surface area contributed by atoms with E-state index in [1.807, 2.05) is 17.2 Å². The number of rotatable bonds is 7. The van der Waals surface area contributed by atoms with Crippen LogP contribution in [0.2, 0.25) is 0 Å². The number of nitrogens with zero attached hydrogens (tertiary/aromatic N) is 3. The average molecular weight is 343 g/mol. The van der Waals surface area contributed by atoms with Crippen LogP contribution in [0.15, 0.2) is 23.9 Å². The second-order valence-electron chi connectivity index (χ2n) is 7.79. The Bertz CT molecular complexity index is 633. The summed E-state index contributed by atoms with van der Waals surface area (Å²) in [6.45, 7) is 3.10. The Morgan fingerprint density at radius 3 is 3.04 bits per heavy atom. The number of carbonyl (C=O) groups is 1. The highest BCUT2D eigenvalue weighted by atomic mass is 16.5. The van der Waals surface area contributed by atoms with E-state index < -0.39 is 0 Å². The molecule has 0 unspecified atom stereocenters. The molecule has 0 N–H and O–H groups in total. The highest BCUT2D eigenvalue weighted by Crippen LogP contribution is 2.29. The van der Waals surface area contributed by atoms with Crippen LogP contribution >= 0.6 is 0 Å². The van der Waals surface area contributed by atoms with Crippen LogP contribution in [0.3, 0.4) is 0 Å². The van der Waals surface area contributed by atoms with E-state index in [1.54, 1.807) is 0 Å². The van der Waals surface area contributed by atoms with Crippen molar-refractivity contribution in [3.8, 4) is 0 Å². The molecule has 2 heterocycles. The van der Waals surface area contributed by atoms with Gasteiger partial charge in [0.15, 0.2) is 0 Å². The van der Waals surface area contributed by atoms with E-state index in [0.29, 0.717) is 13.0 Å². The topological polar surface area (TPSA) is 47.4 Å². The summed E-state index contributed by atoms with van der Waals surface area (Å²) < 4.78 is 7.92. The van der Waals surface area contributed by atoms with Crippen LogP contribution in [0.4, 0.5) is 0 Å². The lowest BCUT2D eigenvalue weighted by Crippen LogP contribution is -2.41. The standard InChI is InChI=1S/C20H29N3O2/c24-20(12-16-4-2-1-3-5-16)22-13-18-8-10-21-23(18)19(14-22)9-11-25-15-17-6-7-17/h4,8,10,17,19H,1-3,5-7,9,11-15H2/t19-/m0/s1. The molecule has 1 aromatic heterocycles. The monoisotopic (exact) mass is 343 g/mol. The molecule has 0 radical (unpaired) electrons. The van der Waals surface area contributed by atoms with Crippen LogP contribution in [0.1, 0.15) is 63.1 Å². The summed E-state index contributed by atoms with van der Waals surface area (Å²) in [4.78, 5) is 14.8. The van der Waals surface area contributed by atoms with Gasteiger partial charge in [0.2, 0.25) is 5.91 Å². The number of aromatic nitrogens is 2. The number of allylic oxidation sites excluding steroid dienone is 1. The third-order valence-electron chi connectivity index (χ3n) is 5.64. The van der Waals surface area contributed by atoms with E-state index in [-0.39, 0.29) is 11.9 Å². The molecular weight excluding hydrogens is 314 g/mol. The van der Waals surface area contributed by atoms with Gasteiger partial charge in [-0.15, -0.1) is 0 Å². The molecule has 25 heavy (non-hydrogen) atoms. The van der Waals surface area contributed by atoms with Crippen molar-refractivity contribution < 1.29 is 9.53 Å². The van der Waals surface area contributed by atoms with Gasteiger partial charge in [-0.05, 0) is 56.9 Å². The molecule has 1 fully saturated rings. The molecule has 2 aliphatic carbocycles. The third-order valence-corrected chi connectivity index (χ3v) is 5.64. The lowest BCUT2D eigenvalue weighted by molar-refractivity contribution is -0.132. The van der Waals surface area contributed by atoms with Crippen LogP contribution in [-0.4, -0.2) is 40.3 Å². The normalized spacial score (nSPS) is 23.3. The Morgan fingerprint density at radius 1 is 1.32 bits per heavy atom. The summed E-state index contributed by atoms with van der Waals surface area (Å²) in [6, 6.07) is 2.28. The summed E-state index contributed by atoms with van der Waals surface area (Å²) >= 11 is 0. The third kappa shape index (κ3) is 4.32. The number of amides is 1. The fraction of sp³-hybridized carbons (Fsp3) is 0.700. The number of hydrogen-bond donors (Lipinski definition) is 0. The van der Waals surface area contributed by atoms with Crippen LogP contribution in [0, 0.1) is 5.92 Å². The first-order chi connectivity index (χ1) is 12.3. The van der Waals surface area contributed by atoms with Crippen molar-refractivity contribution in [2.24, 2.45) is 5.92 Å².